The predicted molar refractivity (Wildman–Crippen MR) is 95.7 cm³/mol. The number of rotatable bonds is 6. The summed E-state index contributed by atoms with van der Waals surface area (Å²) in [6.07, 6.45) is 1.34. The van der Waals surface area contributed by atoms with Crippen molar-refractivity contribution in [3.63, 3.8) is 0 Å². The maximum atomic E-state index is 12.2. The monoisotopic (exact) mass is 368 g/mol. The number of benzene rings is 2. The third-order valence-corrected chi connectivity index (χ3v) is 4.22. The van der Waals surface area contributed by atoms with Gasteiger partial charge in [0, 0.05) is 36.3 Å². The van der Waals surface area contributed by atoms with E-state index in [4.69, 9.17) is 4.74 Å². The number of Topliss-reactive ketones (excluding diaryl/α,β-unsaturated/α-hetero) is 1. The number of nitro benzene ring substituents is 1. The van der Waals surface area contributed by atoms with Crippen molar-refractivity contribution in [3.05, 3.63) is 69.8 Å². The molecule has 8 heteroatoms. The van der Waals surface area contributed by atoms with Crippen molar-refractivity contribution in [2.75, 3.05) is 18.1 Å². The Hall–Kier alpha value is -3.55. The summed E-state index contributed by atoms with van der Waals surface area (Å²) in [5.74, 6) is -1.06. The lowest BCUT2D eigenvalue weighted by atomic mass is 10.1. The minimum atomic E-state index is -0.738. The van der Waals surface area contributed by atoms with Crippen LogP contribution in [0.15, 0.2) is 48.5 Å². The van der Waals surface area contributed by atoms with Gasteiger partial charge in [-0.3, -0.25) is 19.7 Å². The van der Waals surface area contributed by atoms with Gasteiger partial charge in [-0.2, -0.15) is 0 Å². The number of amides is 1. The number of ketones is 1. The van der Waals surface area contributed by atoms with Crippen LogP contribution in [0.25, 0.3) is 0 Å². The van der Waals surface area contributed by atoms with Crippen LogP contribution in [0.3, 0.4) is 0 Å². The number of hydrogen-bond donors (Lipinski definition) is 0. The largest absolute Gasteiger partial charge is 0.454 e. The third-order valence-electron chi connectivity index (χ3n) is 4.22. The van der Waals surface area contributed by atoms with Gasteiger partial charge in [0.05, 0.1) is 10.5 Å². The molecule has 2 aromatic carbocycles. The molecular formula is C19H16N2O6. The van der Waals surface area contributed by atoms with E-state index < -0.39 is 17.5 Å². The Morgan fingerprint density at radius 2 is 1.67 bits per heavy atom. The zero-order chi connectivity index (χ0) is 19.4. The molecule has 0 radical (unpaired) electrons. The molecule has 138 valence electrons. The van der Waals surface area contributed by atoms with Gasteiger partial charge >= 0.3 is 5.97 Å². The summed E-state index contributed by atoms with van der Waals surface area (Å²) in [5, 5.41) is 10.6. The van der Waals surface area contributed by atoms with Gasteiger partial charge < -0.3 is 9.64 Å². The molecule has 0 bridgehead atoms. The number of nitro groups is 1. The highest BCUT2D eigenvalue weighted by molar-refractivity contribution is 6.00. The van der Waals surface area contributed by atoms with E-state index >= 15 is 0 Å². The van der Waals surface area contributed by atoms with Crippen LogP contribution in [0.4, 0.5) is 11.4 Å². The summed E-state index contributed by atoms with van der Waals surface area (Å²) in [6.45, 7) is 0.219. The van der Waals surface area contributed by atoms with Gasteiger partial charge in [0.25, 0.3) is 5.69 Å². The summed E-state index contributed by atoms with van der Waals surface area (Å²) >= 11 is 0. The zero-order valence-electron chi connectivity index (χ0n) is 14.3. The Kier molecular flexibility index (Phi) is 5.25. The maximum absolute atomic E-state index is 12.2. The van der Waals surface area contributed by atoms with Crippen molar-refractivity contribution in [1.82, 2.24) is 0 Å². The molecule has 0 aromatic heterocycles. The van der Waals surface area contributed by atoms with Gasteiger partial charge in [0.2, 0.25) is 5.91 Å². The van der Waals surface area contributed by atoms with E-state index in [1.807, 2.05) is 0 Å². The number of esters is 1. The highest BCUT2D eigenvalue weighted by Gasteiger charge is 2.22. The van der Waals surface area contributed by atoms with E-state index in [1.54, 1.807) is 29.2 Å². The van der Waals surface area contributed by atoms with E-state index in [0.717, 1.165) is 12.1 Å². The SMILES string of the molecule is O=C(COC(=O)c1ccc([N+](=O)[O-])cc1)c1ccc(N2CCCC2=O)cc1. The van der Waals surface area contributed by atoms with Crippen LogP contribution in [0.1, 0.15) is 33.6 Å². The first-order chi connectivity index (χ1) is 13.0. The Labute approximate surface area is 154 Å². The van der Waals surface area contributed by atoms with Crippen LogP contribution in [-0.2, 0) is 9.53 Å². The Bertz CT molecular complexity index is 889. The van der Waals surface area contributed by atoms with Crippen molar-refractivity contribution in [3.8, 4) is 0 Å². The summed E-state index contributed by atoms with van der Waals surface area (Å²) in [7, 11) is 0. The molecule has 1 fully saturated rings. The molecular weight excluding hydrogens is 352 g/mol. The molecule has 8 nitrogen and oxygen atoms in total. The molecule has 1 aliphatic rings. The number of anilines is 1. The molecule has 0 spiro atoms. The van der Waals surface area contributed by atoms with E-state index in [0.29, 0.717) is 18.5 Å². The first-order valence-corrected chi connectivity index (χ1v) is 8.31. The Balaban J connectivity index is 1.57. The fourth-order valence-electron chi connectivity index (χ4n) is 2.77. The molecule has 0 N–H and O–H groups in total. The first kappa shape index (κ1) is 18.2. The summed E-state index contributed by atoms with van der Waals surface area (Å²) in [4.78, 5) is 47.5. The smallest absolute Gasteiger partial charge is 0.338 e. The van der Waals surface area contributed by atoms with Crippen LogP contribution < -0.4 is 4.90 Å². The average Bonchev–Trinajstić information content (AvgIpc) is 3.12. The number of ether oxygens (including phenoxy) is 1. The highest BCUT2D eigenvalue weighted by atomic mass is 16.6. The van der Waals surface area contributed by atoms with Gasteiger partial charge in [-0.05, 0) is 42.8 Å². The molecule has 1 aliphatic heterocycles. The molecule has 1 amide bonds. The van der Waals surface area contributed by atoms with E-state index in [2.05, 4.69) is 0 Å². The molecule has 0 atom stereocenters. The minimum Gasteiger partial charge on any atom is -0.454 e. The first-order valence-electron chi connectivity index (χ1n) is 8.31. The van der Waals surface area contributed by atoms with Crippen molar-refractivity contribution < 1.29 is 24.0 Å². The quantitative estimate of drug-likeness (QED) is 0.336. The number of carbonyl (C=O) groups is 3. The number of hydrogen-bond acceptors (Lipinski definition) is 6. The zero-order valence-corrected chi connectivity index (χ0v) is 14.3. The van der Waals surface area contributed by atoms with Gasteiger partial charge in [0.1, 0.15) is 0 Å². The van der Waals surface area contributed by atoms with Gasteiger partial charge in [0.15, 0.2) is 12.4 Å². The number of non-ortho nitro benzene ring substituents is 1. The van der Waals surface area contributed by atoms with Crippen molar-refractivity contribution in [2.24, 2.45) is 0 Å². The van der Waals surface area contributed by atoms with Crippen LogP contribution >= 0.6 is 0 Å². The van der Waals surface area contributed by atoms with E-state index in [9.17, 15) is 24.5 Å². The number of carbonyl (C=O) groups excluding carboxylic acids is 3. The molecule has 1 saturated heterocycles. The van der Waals surface area contributed by atoms with E-state index in [1.165, 1.54) is 24.3 Å². The second-order valence-electron chi connectivity index (χ2n) is 6.00. The van der Waals surface area contributed by atoms with Gasteiger partial charge in [-0.1, -0.05) is 0 Å². The standard InChI is InChI=1S/C19H16N2O6/c22-17(12-27-19(24)14-5-9-16(10-6-14)21(25)26)13-3-7-15(8-4-13)20-11-1-2-18(20)23/h3-10H,1-2,11-12H2. The lowest BCUT2D eigenvalue weighted by Gasteiger charge is -2.15. The second kappa shape index (κ2) is 7.77. The molecule has 2 aromatic rings. The Morgan fingerprint density at radius 1 is 1.04 bits per heavy atom. The topological polar surface area (TPSA) is 107 Å². The molecule has 0 unspecified atom stereocenters. The lowest BCUT2D eigenvalue weighted by molar-refractivity contribution is -0.384. The van der Waals surface area contributed by atoms with Crippen LogP contribution in [0, 0.1) is 10.1 Å². The highest BCUT2D eigenvalue weighted by Crippen LogP contribution is 2.21. The second-order valence-corrected chi connectivity index (χ2v) is 6.00. The van der Waals surface area contributed by atoms with Crippen molar-refractivity contribution >= 4 is 29.0 Å². The van der Waals surface area contributed by atoms with Crippen LogP contribution in [0.5, 0.6) is 0 Å². The molecule has 3 rings (SSSR count). The third kappa shape index (κ3) is 4.17. The normalized spacial score (nSPS) is 13.5. The van der Waals surface area contributed by atoms with Crippen LogP contribution in [-0.4, -0.2) is 35.7 Å². The van der Waals surface area contributed by atoms with Crippen LogP contribution in [0.2, 0.25) is 0 Å². The molecule has 0 aliphatic carbocycles. The minimum absolute atomic E-state index is 0.0612. The fourth-order valence-corrected chi connectivity index (χ4v) is 2.77. The molecule has 1 heterocycles. The fraction of sp³-hybridized carbons (Fsp3) is 0.211. The van der Waals surface area contributed by atoms with E-state index in [-0.39, 0.29) is 22.9 Å². The number of nitrogens with zero attached hydrogens (tertiary/aromatic N) is 2. The summed E-state index contributed by atoms with van der Waals surface area (Å²) in [5.41, 5.74) is 1.08. The Morgan fingerprint density at radius 3 is 2.22 bits per heavy atom. The summed E-state index contributed by atoms with van der Waals surface area (Å²) in [6, 6.07) is 11.5. The summed E-state index contributed by atoms with van der Waals surface area (Å²) < 4.78 is 4.97. The van der Waals surface area contributed by atoms with Gasteiger partial charge in [-0.25, -0.2) is 4.79 Å². The maximum Gasteiger partial charge on any atom is 0.338 e. The molecule has 27 heavy (non-hydrogen) atoms. The average molecular weight is 368 g/mol. The molecule has 0 saturated carbocycles. The predicted octanol–water partition coefficient (Wildman–Crippen LogP) is 2.76. The van der Waals surface area contributed by atoms with Gasteiger partial charge in [-0.15, -0.1) is 0 Å². The van der Waals surface area contributed by atoms with Crippen molar-refractivity contribution in [1.29, 1.82) is 0 Å². The lowest BCUT2D eigenvalue weighted by Crippen LogP contribution is -2.23. The van der Waals surface area contributed by atoms with Crippen molar-refractivity contribution in [2.45, 2.75) is 12.8 Å².